The Hall–Kier alpha value is -2.72. The number of fused-ring (bicyclic) bond motifs is 1. The van der Waals surface area contributed by atoms with E-state index in [1.54, 1.807) is 0 Å². The van der Waals surface area contributed by atoms with Crippen LogP contribution in [0.1, 0.15) is 17.2 Å². The summed E-state index contributed by atoms with van der Waals surface area (Å²) >= 11 is 6.01. The van der Waals surface area contributed by atoms with Crippen molar-refractivity contribution < 1.29 is 5.11 Å². The average Bonchev–Trinajstić information content (AvgIpc) is 2.74. The highest BCUT2D eigenvalue weighted by Gasteiger charge is 2.14. The van der Waals surface area contributed by atoms with Crippen molar-refractivity contribution in [3.8, 4) is 11.3 Å². The number of halogens is 1. The maximum atomic E-state index is 10.9. The minimum atomic E-state index is -0.636. The van der Waals surface area contributed by atoms with Gasteiger partial charge in [0.25, 0.3) is 0 Å². The molecule has 0 radical (unpaired) electrons. The molecule has 1 unspecified atom stereocenters. The van der Waals surface area contributed by atoms with Crippen molar-refractivity contribution in [3.63, 3.8) is 0 Å². The first-order valence-electron chi connectivity index (χ1n) is 9.29. The number of rotatable bonds is 6. The molecule has 0 saturated carbocycles. The first kappa shape index (κ1) is 18.6. The lowest BCUT2D eigenvalue weighted by molar-refractivity contribution is 0.176. The third-order valence-electron chi connectivity index (χ3n) is 4.76. The first-order chi connectivity index (χ1) is 13.7. The summed E-state index contributed by atoms with van der Waals surface area (Å²) in [6.45, 7) is 1.17. The van der Waals surface area contributed by atoms with Gasteiger partial charge in [0.1, 0.15) is 0 Å². The van der Waals surface area contributed by atoms with Crippen LogP contribution in [0.15, 0.2) is 84.9 Å². The molecule has 0 aliphatic carbocycles. The Labute approximate surface area is 169 Å². The van der Waals surface area contributed by atoms with E-state index in [4.69, 9.17) is 16.6 Å². The highest BCUT2D eigenvalue weighted by molar-refractivity contribution is 6.30. The minimum absolute atomic E-state index is 0.461. The van der Waals surface area contributed by atoms with Crippen LogP contribution in [0.2, 0.25) is 5.02 Å². The Morgan fingerprint density at radius 2 is 1.61 bits per heavy atom. The quantitative estimate of drug-likeness (QED) is 0.466. The lowest BCUT2D eigenvalue weighted by Gasteiger charge is -2.16. The number of aromatic nitrogens is 1. The second-order valence-electron chi connectivity index (χ2n) is 6.75. The number of aliphatic hydroxyl groups excluding tert-OH is 1. The van der Waals surface area contributed by atoms with E-state index in [9.17, 15) is 5.11 Å². The van der Waals surface area contributed by atoms with E-state index in [-0.39, 0.29) is 0 Å². The van der Waals surface area contributed by atoms with Gasteiger partial charge in [-0.3, -0.25) is 0 Å². The molecule has 140 valence electrons. The Morgan fingerprint density at radius 1 is 0.893 bits per heavy atom. The zero-order valence-electron chi connectivity index (χ0n) is 15.3. The molecule has 1 atom stereocenters. The van der Waals surface area contributed by atoms with Crippen molar-refractivity contribution in [1.82, 2.24) is 10.3 Å². The molecule has 0 aliphatic rings. The third-order valence-corrected chi connectivity index (χ3v) is 5.01. The van der Waals surface area contributed by atoms with E-state index in [1.165, 1.54) is 5.56 Å². The number of pyridine rings is 1. The van der Waals surface area contributed by atoms with Crippen molar-refractivity contribution in [1.29, 1.82) is 0 Å². The molecule has 4 heteroatoms. The zero-order chi connectivity index (χ0) is 19.3. The summed E-state index contributed by atoms with van der Waals surface area (Å²) in [5, 5.41) is 15.9. The van der Waals surface area contributed by atoms with E-state index in [0.717, 1.165) is 27.7 Å². The summed E-state index contributed by atoms with van der Waals surface area (Å²) in [5.41, 5.74) is 4.73. The van der Waals surface area contributed by atoms with Crippen LogP contribution >= 0.6 is 11.6 Å². The standard InChI is InChI=1S/C24H21ClN2O/c25-19-12-10-18(11-13-19)23-14-21(20-8-4-5-9-22(20)27-23)24(28)16-26-15-17-6-2-1-3-7-17/h1-14,24,26,28H,15-16H2. The van der Waals surface area contributed by atoms with Crippen LogP contribution in [0.5, 0.6) is 0 Å². The molecule has 3 nitrogen and oxygen atoms in total. The molecule has 3 aromatic carbocycles. The molecular formula is C24H21ClN2O. The Kier molecular flexibility index (Phi) is 5.68. The molecule has 0 saturated heterocycles. The Morgan fingerprint density at radius 3 is 2.39 bits per heavy atom. The molecule has 4 aromatic rings. The van der Waals surface area contributed by atoms with Gasteiger partial charge in [0, 0.05) is 29.1 Å². The van der Waals surface area contributed by atoms with E-state index in [1.807, 2.05) is 72.8 Å². The fraction of sp³-hybridized carbons (Fsp3) is 0.125. The lowest BCUT2D eigenvalue weighted by atomic mass is 10.00. The van der Waals surface area contributed by atoms with Gasteiger partial charge in [-0.2, -0.15) is 0 Å². The van der Waals surface area contributed by atoms with Crippen molar-refractivity contribution in [2.75, 3.05) is 6.54 Å². The maximum Gasteiger partial charge on any atom is 0.0921 e. The number of nitrogens with one attached hydrogen (secondary N) is 1. The molecule has 0 aliphatic heterocycles. The smallest absolute Gasteiger partial charge is 0.0921 e. The van der Waals surface area contributed by atoms with Gasteiger partial charge in [-0.25, -0.2) is 4.98 Å². The van der Waals surface area contributed by atoms with Crippen molar-refractivity contribution in [2.24, 2.45) is 0 Å². The van der Waals surface area contributed by atoms with Crippen LogP contribution in [-0.4, -0.2) is 16.6 Å². The van der Waals surface area contributed by atoms with Gasteiger partial charge in [0.2, 0.25) is 0 Å². The molecule has 2 N–H and O–H groups in total. The van der Waals surface area contributed by atoms with Gasteiger partial charge in [0.15, 0.2) is 0 Å². The number of aliphatic hydroxyl groups is 1. The first-order valence-corrected chi connectivity index (χ1v) is 9.67. The summed E-state index contributed by atoms with van der Waals surface area (Å²) in [6, 6.07) is 27.7. The zero-order valence-corrected chi connectivity index (χ0v) is 16.1. The van der Waals surface area contributed by atoms with E-state index in [2.05, 4.69) is 17.4 Å². The van der Waals surface area contributed by atoms with Crippen molar-refractivity contribution >= 4 is 22.5 Å². The van der Waals surface area contributed by atoms with Crippen LogP contribution in [0, 0.1) is 0 Å². The second-order valence-corrected chi connectivity index (χ2v) is 7.19. The van der Waals surface area contributed by atoms with E-state index < -0.39 is 6.10 Å². The SMILES string of the molecule is OC(CNCc1ccccc1)c1cc(-c2ccc(Cl)cc2)nc2ccccc12. The summed E-state index contributed by atoms with van der Waals surface area (Å²) in [6.07, 6.45) is -0.636. The van der Waals surface area contributed by atoms with Gasteiger partial charge in [-0.15, -0.1) is 0 Å². The topological polar surface area (TPSA) is 45.1 Å². The minimum Gasteiger partial charge on any atom is -0.387 e. The van der Waals surface area contributed by atoms with Crippen molar-refractivity contribution in [3.05, 3.63) is 101 Å². The molecule has 0 spiro atoms. The molecule has 1 heterocycles. The van der Waals surface area contributed by atoms with Crippen LogP contribution in [0.3, 0.4) is 0 Å². The van der Waals surface area contributed by atoms with Gasteiger partial charge < -0.3 is 10.4 Å². The van der Waals surface area contributed by atoms with E-state index in [0.29, 0.717) is 18.1 Å². The largest absolute Gasteiger partial charge is 0.387 e. The number of hydrogen-bond acceptors (Lipinski definition) is 3. The molecule has 28 heavy (non-hydrogen) atoms. The second kappa shape index (κ2) is 8.53. The third kappa shape index (κ3) is 4.23. The van der Waals surface area contributed by atoms with Gasteiger partial charge in [-0.05, 0) is 35.4 Å². The molecule has 1 aromatic heterocycles. The predicted octanol–water partition coefficient (Wildman–Crippen LogP) is 5.38. The molecule has 0 bridgehead atoms. The Balaban J connectivity index is 1.61. The average molecular weight is 389 g/mol. The molecule has 0 amide bonds. The number of para-hydroxylation sites is 1. The lowest BCUT2D eigenvalue weighted by Crippen LogP contribution is -2.21. The maximum absolute atomic E-state index is 10.9. The summed E-state index contributed by atoms with van der Waals surface area (Å²) in [7, 11) is 0. The number of nitrogens with zero attached hydrogens (tertiary/aromatic N) is 1. The summed E-state index contributed by atoms with van der Waals surface area (Å²) in [4.78, 5) is 4.77. The van der Waals surface area contributed by atoms with Crippen LogP contribution in [0.25, 0.3) is 22.2 Å². The normalized spacial score (nSPS) is 12.2. The number of hydrogen-bond donors (Lipinski definition) is 2. The Bertz CT molecular complexity index is 1060. The fourth-order valence-electron chi connectivity index (χ4n) is 3.31. The summed E-state index contributed by atoms with van der Waals surface area (Å²) in [5.74, 6) is 0. The van der Waals surface area contributed by atoms with Crippen molar-refractivity contribution in [2.45, 2.75) is 12.6 Å². The molecule has 0 fully saturated rings. The monoisotopic (exact) mass is 388 g/mol. The van der Waals surface area contributed by atoms with Crippen LogP contribution < -0.4 is 5.32 Å². The van der Waals surface area contributed by atoms with Crippen LogP contribution in [-0.2, 0) is 6.54 Å². The highest BCUT2D eigenvalue weighted by Crippen LogP contribution is 2.29. The number of benzene rings is 3. The fourth-order valence-corrected chi connectivity index (χ4v) is 3.43. The predicted molar refractivity (Wildman–Crippen MR) is 115 cm³/mol. The van der Waals surface area contributed by atoms with Gasteiger partial charge in [-0.1, -0.05) is 72.3 Å². The van der Waals surface area contributed by atoms with E-state index >= 15 is 0 Å². The summed E-state index contributed by atoms with van der Waals surface area (Å²) < 4.78 is 0. The molecular weight excluding hydrogens is 368 g/mol. The highest BCUT2D eigenvalue weighted by atomic mass is 35.5. The van der Waals surface area contributed by atoms with Gasteiger partial charge in [0.05, 0.1) is 17.3 Å². The van der Waals surface area contributed by atoms with Crippen LogP contribution in [0.4, 0.5) is 0 Å². The molecule has 4 rings (SSSR count). The van der Waals surface area contributed by atoms with Gasteiger partial charge >= 0.3 is 0 Å².